The second-order valence-electron chi connectivity index (χ2n) is 9.41. The first kappa shape index (κ1) is 24.3. The van der Waals surface area contributed by atoms with E-state index in [1.54, 1.807) is 10.8 Å². The number of benzene rings is 1. The Balaban J connectivity index is 1.40. The lowest BCUT2D eigenvalue weighted by Crippen LogP contribution is -2.49. The van der Waals surface area contributed by atoms with E-state index in [4.69, 9.17) is 4.74 Å². The van der Waals surface area contributed by atoms with Gasteiger partial charge in [0.25, 0.3) is 11.5 Å². The number of hydrogen-bond acceptors (Lipinski definition) is 8. The number of pyridine rings is 2. The lowest BCUT2D eigenvalue weighted by atomic mass is 10.1. The third-order valence-corrected chi connectivity index (χ3v) is 7.77. The molecule has 194 valence electrons. The number of piperazine rings is 1. The Morgan fingerprint density at radius 1 is 0.921 bits per heavy atom. The van der Waals surface area contributed by atoms with Crippen LogP contribution in [0.5, 0.6) is 0 Å². The Hall–Kier alpha value is -4.02. The fraction of sp³-hybridized carbons (Fsp3) is 0.286. The van der Waals surface area contributed by atoms with Gasteiger partial charge < -0.3 is 14.5 Å². The summed E-state index contributed by atoms with van der Waals surface area (Å²) >= 11 is 1.42. The average Bonchev–Trinajstić information content (AvgIpc) is 3.63. The number of rotatable bonds is 7. The largest absolute Gasteiger partial charge is 0.446 e. The molecule has 9 nitrogen and oxygen atoms in total. The Bertz CT molecular complexity index is 1520. The number of anilines is 1. The number of amides is 1. The van der Waals surface area contributed by atoms with E-state index in [-0.39, 0.29) is 24.7 Å². The fourth-order valence-electron chi connectivity index (χ4n) is 4.80. The Morgan fingerprint density at radius 3 is 2.42 bits per heavy atom. The standard InChI is InChI=1S/C28H27N5O4S/c34-26(22-9-5-17-38-22)32-15-13-31(14-16-32)24-21-8-4-10-29-25(21)33(18-20-6-2-1-3-7-20)27(35)23(24)28(36)37-19-30-11-12-30/h1-10,17H,11-16,18-19H2. The average molecular weight is 530 g/mol. The summed E-state index contributed by atoms with van der Waals surface area (Å²) in [5.41, 5.74) is 1.56. The van der Waals surface area contributed by atoms with Gasteiger partial charge in [-0.25, -0.2) is 9.78 Å². The maximum absolute atomic E-state index is 14.0. The fourth-order valence-corrected chi connectivity index (χ4v) is 5.49. The molecule has 0 spiro atoms. The molecule has 2 saturated heterocycles. The van der Waals surface area contributed by atoms with Crippen LogP contribution in [-0.2, 0) is 11.3 Å². The smallest absolute Gasteiger partial charge is 0.347 e. The summed E-state index contributed by atoms with van der Waals surface area (Å²) in [6.07, 6.45) is 1.66. The van der Waals surface area contributed by atoms with Crippen LogP contribution in [-0.4, -0.2) is 77.2 Å². The summed E-state index contributed by atoms with van der Waals surface area (Å²) in [5, 5.41) is 2.60. The van der Waals surface area contributed by atoms with E-state index in [2.05, 4.69) is 4.98 Å². The van der Waals surface area contributed by atoms with E-state index < -0.39 is 11.5 Å². The zero-order chi connectivity index (χ0) is 26.1. The van der Waals surface area contributed by atoms with Crippen LogP contribution in [0.3, 0.4) is 0 Å². The summed E-state index contributed by atoms with van der Waals surface area (Å²) in [6.45, 7) is 4.11. The number of nitrogens with zero attached hydrogens (tertiary/aromatic N) is 5. The van der Waals surface area contributed by atoms with Crippen molar-refractivity contribution < 1.29 is 14.3 Å². The van der Waals surface area contributed by atoms with Gasteiger partial charge in [0, 0.05) is 50.9 Å². The van der Waals surface area contributed by atoms with Crippen molar-refractivity contribution in [1.82, 2.24) is 19.4 Å². The highest BCUT2D eigenvalue weighted by Gasteiger charge is 2.31. The van der Waals surface area contributed by atoms with Crippen molar-refractivity contribution in [1.29, 1.82) is 0 Å². The molecule has 0 bridgehead atoms. The van der Waals surface area contributed by atoms with Crippen molar-refractivity contribution in [2.75, 3.05) is 50.9 Å². The lowest BCUT2D eigenvalue weighted by molar-refractivity contribution is 0.0393. The molecule has 2 fully saturated rings. The van der Waals surface area contributed by atoms with Gasteiger partial charge >= 0.3 is 5.97 Å². The zero-order valence-electron chi connectivity index (χ0n) is 20.8. The van der Waals surface area contributed by atoms with Crippen LogP contribution in [0.2, 0.25) is 0 Å². The molecule has 6 rings (SSSR count). The summed E-state index contributed by atoms with van der Waals surface area (Å²) < 4.78 is 7.14. The van der Waals surface area contributed by atoms with Crippen LogP contribution in [0.4, 0.5) is 5.69 Å². The van der Waals surface area contributed by atoms with Gasteiger partial charge in [-0.3, -0.25) is 19.1 Å². The summed E-state index contributed by atoms with van der Waals surface area (Å²) in [7, 11) is 0. The molecule has 5 heterocycles. The first-order valence-corrected chi connectivity index (χ1v) is 13.5. The van der Waals surface area contributed by atoms with Gasteiger partial charge in [0.1, 0.15) is 17.9 Å². The highest BCUT2D eigenvalue weighted by atomic mass is 32.1. The zero-order valence-corrected chi connectivity index (χ0v) is 21.6. The van der Waals surface area contributed by atoms with Gasteiger partial charge in [0.05, 0.1) is 17.1 Å². The van der Waals surface area contributed by atoms with Crippen LogP contribution < -0.4 is 10.5 Å². The maximum Gasteiger partial charge on any atom is 0.347 e. The number of ether oxygens (including phenoxy) is 1. The number of fused-ring (bicyclic) bond motifs is 1. The minimum atomic E-state index is -0.637. The van der Waals surface area contributed by atoms with Gasteiger partial charge in [-0.05, 0) is 29.1 Å². The molecule has 38 heavy (non-hydrogen) atoms. The number of thiophene rings is 1. The number of carbonyl (C=O) groups is 2. The summed E-state index contributed by atoms with van der Waals surface area (Å²) in [4.78, 5) is 51.4. The topological polar surface area (TPSA) is 87.8 Å². The van der Waals surface area contributed by atoms with Crippen LogP contribution in [0.25, 0.3) is 11.0 Å². The molecule has 4 aromatic rings. The third kappa shape index (κ3) is 4.80. The molecule has 10 heteroatoms. The Kier molecular flexibility index (Phi) is 6.65. The van der Waals surface area contributed by atoms with Gasteiger partial charge in [0.15, 0.2) is 0 Å². The van der Waals surface area contributed by atoms with Crippen LogP contribution in [0, 0.1) is 0 Å². The van der Waals surface area contributed by atoms with E-state index >= 15 is 0 Å². The Labute approximate surface area is 223 Å². The predicted octanol–water partition coefficient (Wildman–Crippen LogP) is 2.90. The molecule has 1 amide bonds. The molecular formula is C28H27N5O4S. The number of aromatic nitrogens is 2. The van der Waals surface area contributed by atoms with Crippen LogP contribution in [0.1, 0.15) is 25.6 Å². The van der Waals surface area contributed by atoms with Crippen molar-refractivity contribution in [3.8, 4) is 0 Å². The molecule has 0 aliphatic carbocycles. The quantitative estimate of drug-likeness (QED) is 0.269. The van der Waals surface area contributed by atoms with Crippen molar-refractivity contribution in [2.45, 2.75) is 6.54 Å². The predicted molar refractivity (Wildman–Crippen MR) is 146 cm³/mol. The van der Waals surface area contributed by atoms with Crippen molar-refractivity contribution in [3.63, 3.8) is 0 Å². The monoisotopic (exact) mass is 529 g/mol. The van der Waals surface area contributed by atoms with E-state index in [0.717, 1.165) is 18.7 Å². The molecule has 0 unspecified atom stereocenters. The van der Waals surface area contributed by atoms with Gasteiger partial charge in [-0.1, -0.05) is 36.4 Å². The second-order valence-corrected chi connectivity index (χ2v) is 10.4. The second kappa shape index (κ2) is 10.4. The van der Waals surface area contributed by atoms with E-state index in [1.807, 2.05) is 74.7 Å². The van der Waals surface area contributed by atoms with Crippen molar-refractivity contribution in [2.24, 2.45) is 0 Å². The first-order valence-electron chi connectivity index (χ1n) is 12.6. The highest BCUT2D eigenvalue weighted by molar-refractivity contribution is 7.12. The molecular weight excluding hydrogens is 502 g/mol. The normalized spacial score (nSPS) is 15.6. The molecule has 0 atom stereocenters. The minimum Gasteiger partial charge on any atom is -0.446 e. The molecule has 2 aliphatic heterocycles. The van der Waals surface area contributed by atoms with Gasteiger partial charge in [-0.2, -0.15) is 0 Å². The number of hydrogen-bond donors (Lipinski definition) is 0. The van der Waals surface area contributed by atoms with Gasteiger partial charge in [-0.15, -0.1) is 11.3 Å². The first-order chi connectivity index (χ1) is 18.6. The number of carbonyl (C=O) groups excluding carboxylic acids is 2. The molecule has 2 aliphatic rings. The SMILES string of the molecule is O=C(OCN1CC1)c1c(N2CCN(C(=O)c3cccs3)CC2)c2cccnc2n(Cc2ccccc2)c1=O. The van der Waals surface area contributed by atoms with E-state index in [9.17, 15) is 14.4 Å². The van der Waals surface area contributed by atoms with E-state index in [1.165, 1.54) is 11.3 Å². The number of esters is 1. The molecule has 3 aromatic heterocycles. The van der Waals surface area contributed by atoms with E-state index in [0.29, 0.717) is 47.8 Å². The molecule has 0 radical (unpaired) electrons. The van der Waals surface area contributed by atoms with Gasteiger partial charge in [0.2, 0.25) is 0 Å². The Morgan fingerprint density at radius 2 is 1.71 bits per heavy atom. The molecule has 0 N–H and O–H groups in total. The van der Waals surface area contributed by atoms with Crippen LogP contribution >= 0.6 is 11.3 Å². The van der Waals surface area contributed by atoms with Crippen LogP contribution in [0.15, 0.2) is 71.0 Å². The lowest BCUT2D eigenvalue weighted by Gasteiger charge is -2.37. The van der Waals surface area contributed by atoms with Crippen molar-refractivity contribution in [3.05, 3.63) is 92.5 Å². The maximum atomic E-state index is 14.0. The summed E-state index contributed by atoms with van der Waals surface area (Å²) in [5.74, 6) is -0.635. The molecule has 0 saturated carbocycles. The summed E-state index contributed by atoms with van der Waals surface area (Å²) in [6, 6.07) is 17.0. The highest BCUT2D eigenvalue weighted by Crippen LogP contribution is 2.30. The minimum absolute atomic E-state index is 0.00238. The third-order valence-electron chi connectivity index (χ3n) is 6.91. The van der Waals surface area contributed by atoms with Crippen molar-refractivity contribution >= 4 is 39.9 Å². The molecule has 1 aromatic carbocycles.